The van der Waals surface area contributed by atoms with Crippen LogP contribution in [0, 0.1) is 0 Å². The highest BCUT2D eigenvalue weighted by Crippen LogP contribution is 2.37. The molecule has 0 bridgehead atoms. The Hall–Kier alpha value is -1.89. The molecule has 1 saturated heterocycles. The van der Waals surface area contributed by atoms with Gasteiger partial charge in [0.25, 0.3) is 0 Å². The van der Waals surface area contributed by atoms with E-state index in [9.17, 15) is 18.3 Å². The Labute approximate surface area is 174 Å². The van der Waals surface area contributed by atoms with Crippen molar-refractivity contribution in [3.05, 3.63) is 45.9 Å². The third kappa shape index (κ3) is 4.74. The molecule has 0 aromatic heterocycles. The van der Waals surface area contributed by atoms with E-state index >= 15 is 0 Å². The maximum atomic E-state index is 12.6. The maximum absolute atomic E-state index is 12.6. The highest BCUT2D eigenvalue weighted by Gasteiger charge is 2.29. The van der Waals surface area contributed by atoms with E-state index in [0.29, 0.717) is 23.2 Å². The van der Waals surface area contributed by atoms with E-state index in [0.717, 1.165) is 0 Å². The highest BCUT2D eigenvalue weighted by molar-refractivity contribution is 9.10. The summed E-state index contributed by atoms with van der Waals surface area (Å²) in [5.74, 6) is -0.679. The van der Waals surface area contributed by atoms with Crippen LogP contribution in [0.15, 0.2) is 45.8 Å². The van der Waals surface area contributed by atoms with Crippen molar-refractivity contribution in [1.29, 1.82) is 0 Å². The number of hydrogen-bond donors (Lipinski definition) is 5. The fourth-order valence-corrected chi connectivity index (χ4v) is 4.65. The molecule has 1 fully saturated rings. The van der Waals surface area contributed by atoms with Crippen molar-refractivity contribution in [2.75, 3.05) is 17.2 Å². The number of carbonyl (C=O) groups is 1. The van der Waals surface area contributed by atoms with Crippen LogP contribution in [0.25, 0.3) is 0 Å². The zero-order valence-corrected chi connectivity index (χ0v) is 17.4. The summed E-state index contributed by atoms with van der Waals surface area (Å²) in [7, 11) is -4.18. The Balaban J connectivity index is 1.82. The van der Waals surface area contributed by atoms with Gasteiger partial charge in [0.05, 0.1) is 29.2 Å². The number of hydroxylamine groups is 1. The van der Waals surface area contributed by atoms with Crippen molar-refractivity contribution in [2.24, 2.45) is 0 Å². The first-order valence-electron chi connectivity index (χ1n) is 8.01. The summed E-state index contributed by atoms with van der Waals surface area (Å²) < 4.78 is 28.2. The monoisotopic (exact) mass is 490 g/mol. The van der Waals surface area contributed by atoms with Crippen LogP contribution >= 0.6 is 27.5 Å². The van der Waals surface area contributed by atoms with Crippen molar-refractivity contribution < 1.29 is 23.2 Å². The molecule has 150 valence electrons. The highest BCUT2D eigenvalue weighted by atomic mass is 79.9. The van der Waals surface area contributed by atoms with Gasteiger partial charge in [0.15, 0.2) is 5.75 Å². The maximum Gasteiger partial charge on any atom is 0.323 e. The summed E-state index contributed by atoms with van der Waals surface area (Å²) in [5, 5.41) is 15.2. The van der Waals surface area contributed by atoms with Crippen LogP contribution in [0.1, 0.15) is 6.42 Å². The van der Waals surface area contributed by atoms with Gasteiger partial charge < -0.3 is 20.6 Å². The number of carbonyl (C=O) groups excluding carboxylic acids is 1. The van der Waals surface area contributed by atoms with Gasteiger partial charge in [-0.05, 0) is 40.2 Å². The second-order valence-corrected chi connectivity index (χ2v) is 8.67. The number of sulfonamides is 1. The molecule has 1 atom stereocenters. The molecule has 2 aromatic rings. The molecule has 28 heavy (non-hydrogen) atoms. The number of rotatable bonds is 5. The molecule has 0 radical (unpaired) electrons. The van der Waals surface area contributed by atoms with Gasteiger partial charge in [-0.3, -0.25) is 0 Å². The van der Waals surface area contributed by atoms with Crippen molar-refractivity contribution in [3.63, 3.8) is 0 Å². The average Bonchev–Trinajstić information content (AvgIpc) is 3.11. The van der Waals surface area contributed by atoms with E-state index in [1.165, 1.54) is 12.1 Å². The lowest BCUT2D eigenvalue weighted by atomic mass is 10.3. The second-order valence-electron chi connectivity index (χ2n) is 5.76. The third-order valence-electron chi connectivity index (χ3n) is 3.75. The molecule has 1 heterocycles. The van der Waals surface area contributed by atoms with Gasteiger partial charge in [0.1, 0.15) is 4.90 Å². The summed E-state index contributed by atoms with van der Waals surface area (Å²) >= 11 is 9.29. The van der Waals surface area contributed by atoms with Gasteiger partial charge in [-0.2, -0.15) is 10.2 Å². The number of phenolic OH excluding ortho intramolecular Hbond substituents is 1. The first-order valence-corrected chi connectivity index (χ1v) is 10.7. The molecular formula is C16H16BrClN4O5S. The van der Waals surface area contributed by atoms with Gasteiger partial charge in [-0.1, -0.05) is 23.7 Å². The lowest BCUT2D eigenvalue weighted by Gasteiger charge is -2.16. The predicted molar refractivity (Wildman–Crippen MR) is 108 cm³/mol. The van der Waals surface area contributed by atoms with Crippen LogP contribution in [-0.4, -0.2) is 32.3 Å². The number of hydrogen-bond acceptors (Lipinski definition) is 6. The van der Waals surface area contributed by atoms with Crippen LogP contribution in [0.4, 0.5) is 16.2 Å². The number of urea groups is 1. The molecule has 9 nitrogen and oxygen atoms in total. The van der Waals surface area contributed by atoms with Crippen molar-refractivity contribution in [3.8, 4) is 5.75 Å². The Kier molecular flexibility index (Phi) is 6.43. The van der Waals surface area contributed by atoms with E-state index < -0.39 is 32.9 Å². The van der Waals surface area contributed by atoms with E-state index in [1.54, 1.807) is 24.3 Å². The Morgan fingerprint density at radius 1 is 1.21 bits per heavy atom. The summed E-state index contributed by atoms with van der Waals surface area (Å²) in [5.41, 5.74) is 2.88. The molecule has 1 aliphatic heterocycles. The van der Waals surface area contributed by atoms with Crippen LogP contribution < -0.4 is 20.8 Å². The Morgan fingerprint density at radius 3 is 2.61 bits per heavy atom. The molecule has 5 N–H and O–H groups in total. The van der Waals surface area contributed by atoms with Gasteiger partial charge >= 0.3 is 6.03 Å². The number of amides is 2. The van der Waals surface area contributed by atoms with E-state index in [-0.39, 0.29) is 10.7 Å². The summed E-state index contributed by atoms with van der Waals surface area (Å²) in [4.78, 5) is 16.6. The fourth-order valence-electron chi connectivity index (χ4n) is 2.47. The largest absolute Gasteiger partial charge is 0.504 e. The van der Waals surface area contributed by atoms with E-state index in [4.69, 9.17) is 16.4 Å². The topological polar surface area (TPSA) is 129 Å². The molecule has 12 heteroatoms. The summed E-state index contributed by atoms with van der Waals surface area (Å²) in [6, 6.07) is 8.82. The average molecular weight is 492 g/mol. The first-order chi connectivity index (χ1) is 13.3. The van der Waals surface area contributed by atoms with Gasteiger partial charge in [-0.15, -0.1) is 0 Å². The molecule has 3 rings (SSSR count). The number of nitrogens with one attached hydrogen (secondary N) is 4. The number of phenols is 1. The van der Waals surface area contributed by atoms with Crippen molar-refractivity contribution in [2.45, 2.75) is 17.5 Å². The minimum absolute atomic E-state index is 0.120. The lowest BCUT2D eigenvalue weighted by Crippen LogP contribution is -2.40. The Bertz CT molecular complexity index is 999. The number of halogens is 2. The predicted octanol–water partition coefficient (Wildman–Crippen LogP) is 2.98. The fraction of sp³-hybridized carbons (Fsp3) is 0.188. The zero-order valence-electron chi connectivity index (χ0n) is 14.2. The number of aromatic hydroxyl groups is 1. The van der Waals surface area contributed by atoms with Crippen LogP contribution in [0.5, 0.6) is 5.75 Å². The molecule has 2 aromatic carbocycles. The smallest absolute Gasteiger partial charge is 0.323 e. The quantitative estimate of drug-likeness (QED) is 0.409. The van der Waals surface area contributed by atoms with Gasteiger partial charge in [0, 0.05) is 10.9 Å². The van der Waals surface area contributed by atoms with Crippen LogP contribution in [-0.2, 0) is 14.9 Å². The minimum Gasteiger partial charge on any atom is -0.504 e. The molecule has 0 saturated carbocycles. The molecular weight excluding hydrogens is 476 g/mol. The lowest BCUT2D eigenvalue weighted by molar-refractivity contribution is 0.0866. The summed E-state index contributed by atoms with van der Waals surface area (Å²) in [6.45, 7) is 0.337. The zero-order chi connectivity index (χ0) is 20.3. The number of para-hydroxylation sites is 1. The minimum atomic E-state index is -4.18. The van der Waals surface area contributed by atoms with Crippen molar-refractivity contribution in [1.82, 2.24) is 10.2 Å². The summed E-state index contributed by atoms with van der Waals surface area (Å²) in [6.07, 6.45) is -0.250. The number of benzene rings is 2. The van der Waals surface area contributed by atoms with E-state index in [2.05, 4.69) is 36.8 Å². The van der Waals surface area contributed by atoms with Gasteiger partial charge in [-0.25, -0.2) is 13.2 Å². The van der Waals surface area contributed by atoms with Gasteiger partial charge in [0.2, 0.25) is 10.0 Å². The van der Waals surface area contributed by atoms with Crippen molar-refractivity contribution >= 4 is 55.0 Å². The molecule has 0 spiro atoms. The van der Waals surface area contributed by atoms with E-state index in [1.807, 2.05) is 0 Å². The van der Waals surface area contributed by atoms with Crippen LogP contribution in [0.2, 0.25) is 5.02 Å². The molecule has 0 aliphatic carbocycles. The number of anilines is 2. The molecule has 1 aliphatic rings. The molecule has 1 unspecified atom stereocenters. The standard InChI is InChI=1S/C16H16BrClN4O5S/c17-9-3-1-2-4-11(9)19-16(24)20-12-6-5-10(18)15(14(12)23)28(25,26)22-13-7-8-27-21-13/h1-6,13,21-23H,7-8H2,(H2,19,20,24). The molecule has 2 amide bonds. The third-order valence-corrected chi connectivity index (χ3v) is 6.42. The Morgan fingerprint density at radius 2 is 1.93 bits per heavy atom. The second kappa shape index (κ2) is 8.64. The van der Waals surface area contributed by atoms with Crippen LogP contribution in [0.3, 0.4) is 0 Å². The SMILES string of the molecule is O=C(Nc1ccccc1Br)Nc1ccc(Cl)c(S(=O)(=O)NC2CCON2)c1O. The first kappa shape index (κ1) is 20.8. The normalized spacial score (nSPS) is 16.7.